The minimum Gasteiger partial charge on any atom is -0.495 e. The smallest absolute Gasteiger partial charge is 0.228 e. The molecule has 5 heteroatoms. The molecule has 0 bridgehead atoms. The van der Waals surface area contributed by atoms with Gasteiger partial charge in [0, 0.05) is 12.1 Å². The number of carbonyl (C=O) groups is 2. The molecule has 2 amide bonds. The molecule has 2 N–H and O–H groups in total. The van der Waals surface area contributed by atoms with Crippen LogP contribution in [-0.4, -0.2) is 18.9 Å². The minimum atomic E-state index is -0.0984. The Kier molecular flexibility index (Phi) is 4.51. The van der Waals surface area contributed by atoms with Crippen LogP contribution < -0.4 is 15.4 Å². The van der Waals surface area contributed by atoms with E-state index in [9.17, 15) is 9.59 Å². The van der Waals surface area contributed by atoms with Gasteiger partial charge in [-0.2, -0.15) is 0 Å². The van der Waals surface area contributed by atoms with E-state index in [1.54, 1.807) is 7.11 Å². The van der Waals surface area contributed by atoms with Crippen LogP contribution >= 0.6 is 0 Å². The van der Waals surface area contributed by atoms with Gasteiger partial charge in [-0.25, -0.2) is 0 Å². The third-order valence-electron chi connectivity index (χ3n) is 4.06. The first-order chi connectivity index (χ1) is 11.5. The van der Waals surface area contributed by atoms with E-state index >= 15 is 0 Å². The lowest BCUT2D eigenvalue weighted by atomic mass is 9.99. The Bertz CT molecular complexity index is 799. The molecule has 2 aromatic rings. The number of carbonyl (C=O) groups excluding carboxylic acids is 2. The van der Waals surface area contributed by atoms with E-state index in [0.29, 0.717) is 24.3 Å². The lowest BCUT2D eigenvalue weighted by molar-refractivity contribution is -0.117. The quantitative estimate of drug-likeness (QED) is 0.908. The third kappa shape index (κ3) is 3.56. The number of benzene rings is 2. The zero-order chi connectivity index (χ0) is 17.1. The van der Waals surface area contributed by atoms with Crippen LogP contribution in [0.15, 0.2) is 36.4 Å². The first kappa shape index (κ1) is 16.1. The minimum absolute atomic E-state index is 0.0412. The van der Waals surface area contributed by atoms with Gasteiger partial charge >= 0.3 is 0 Å². The predicted molar refractivity (Wildman–Crippen MR) is 93.5 cm³/mol. The fourth-order valence-electron chi connectivity index (χ4n) is 2.85. The molecule has 0 radical (unpaired) electrons. The third-order valence-corrected chi connectivity index (χ3v) is 4.06. The van der Waals surface area contributed by atoms with E-state index in [2.05, 4.69) is 10.6 Å². The van der Waals surface area contributed by atoms with Crippen molar-refractivity contribution in [3.05, 3.63) is 53.1 Å². The van der Waals surface area contributed by atoms with Crippen LogP contribution in [-0.2, 0) is 22.4 Å². The lowest BCUT2D eigenvalue weighted by Gasteiger charge is -2.17. The number of aryl methyl sites for hydroxylation is 2. The Morgan fingerprint density at radius 1 is 1.21 bits per heavy atom. The second kappa shape index (κ2) is 6.74. The van der Waals surface area contributed by atoms with Crippen molar-refractivity contribution in [2.75, 3.05) is 17.7 Å². The zero-order valence-electron chi connectivity index (χ0n) is 13.8. The van der Waals surface area contributed by atoms with E-state index in [1.807, 2.05) is 43.3 Å². The molecular weight excluding hydrogens is 304 g/mol. The SMILES string of the molecule is COc1ccc(C)cc1NC(=O)Cc1ccc2c(c1)CCC(=O)N2. The summed E-state index contributed by atoms with van der Waals surface area (Å²) in [6.45, 7) is 1.97. The number of hydrogen-bond donors (Lipinski definition) is 2. The molecule has 1 heterocycles. The summed E-state index contributed by atoms with van der Waals surface area (Å²) in [5.41, 5.74) is 4.57. The summed E-state index contributed by atoms with van der Waals surface area (Å²) in [6, 6.07) is 11.4. The van der Waals surface area contributed by atoms with Crippen LogP contribution in [0.3, 0.4) is 0 Å². The summed E-state index contributed by atoms with van der Waals surface area (Å²) in [5.74, 6) is 0.584. The number of amides is 2. The lowest BCUT2D eigenvalue weighted by Crippen LogP contribution is -2.20. The van der Waals surface area contributed by atoms with Gasteiger partial charge in [-0.3, -0.25) is 9.59 Å². The van der Waals surface area contributed by atoms with E-state index in [4.69, 9.17) is 4.74 Å². The van der Waals surface area contributed by atoms with Crippen molar-refractivity contribution < 1.29 is 14.3 Å². The number of rotatable bonds is 4. The molecular formula is C19H20N2O3. The highest BCUT2D eigenvalue weighted by Crippen LogP contribution is 2.26. The second-order valence-corrected chi connectivity index (χ2v) is 5.97. The van der Waals surface area contributed by atoms with E-state index in [0.717, 1.165) is 22.4 Å². The second-order valence-electron chi connectivity index (χ2n) is 5.97. The molecule has 0 spiro atoms. The van der Waals surface area contributed by atoms with Gasteiger partial charge < -0.3 is 15.4 Å². The summed E-state index contributed by atoms with van der Waals surface area (Å²) in [4.78, 5) is 23.7. The van der Waals surface area contributed by atoms with Gasteiger partial charge in [0.25, 0.3) is 0 Å². The number of nitrogens with one attached hydrogen (secondary N) is 2. The van der Waals surface area contributed by atoms with Gasteiger partial charge in [-0.15, -0.1) is 0 Å². The zero-order valence-corrected chi connectivity index (χ0v) is 13.8. The van der Waals surface area contributed by atoms with Crippen LogP contribution in [0.25, 0.3) is 0 Å². The summed E-state index contributed by atoms with van der Waals surface area (Å²) in [7, 11) is 1.58. The van der Waals surface area contributed by atoms with E-state index in [-0.39, 0.29) is 18.2 Å². The molecule has 0 atom stereocenters. The highest BCUT2D eigenvalue weighted by molar-refractivity contribution is 5.95. The number of anilines is 2. The highest BCUT2D eigenvalue weighted by Gasteiger charge is 2.16. The van der Waals surface area contributed by atoms with Gasteiger partial charge in [-0.1, -0.05) is 18.2 Å². The predicted octanol–water partition coefficient (Wildman–Crippen LogP) is 3.07. The topological polar surface area (TPSA) is 67.4 Å². The molecule has 5 nitrogen and oxygen atoms in total. The maximum atomic E-state index is 12.3. The molecule has 0 aromatic heterocycles. The van der Waals surface area contributed by atoms with Crippen molar-refractivity contribution in [2.24, 2.45) is 0 Å². The molecule has 2 aromatic carbocycles. The van der Waals surface area contributed by atoms with Crippen molar-refractivity contribution in [1.82, 2.24) is 0 Å². The highest BCUT2D eigenvalue weighted by atomic mass is 16.5. The molecule has 0 fully saturated rings. The summed E-state index contributed by atoms with van der Waals surface area (Å²) in [6.07, 6.45) is 1.48. The molecule has 3 rings (SSSR count). The van der Waals surface area contributed by atoms with Crippen molar-refractivity contribution in [1.29, 1.82) is 0 Å². The van der Waals surface area contributed by atoms with Crippen LogP contribution in [0, 0.1) is 6.92 Å². The molecule has 0 unspecified atom stereocenters. The molecule has 0 saturated heterocycles. The molecule has 1 aliphatic rings. The maximum Gasteiger partial charge on any atom is 0.228 e. The fraction of sp³-hybridized carbons (Fsp3) is 0.263. The monoisotopic (exact) mass is 324 g/mol. The maximum absolute atomic E-state index is 12.3. The number of methoxy groups -OCH3 is 1. The van der Waals surface area contributed by atoms with Gasteiger partial charge in [0.15, 0.2) is 0 Å². The molecule has 1 aliphatic heterocycles. The van der Waals surface area contributed by atoms with Gasteiger partial charge in [0.05, 0.1) is 19.2 Å². The average molecular weight is 324 g/mol. The summed E-state index contributed by atoms with van der Waals surface area (Å²) in [5, 5.41) is 5.75. The van der Waals surface area contributed by atoms with Crippen LogP contribution in [0.2, 0.25) is 0 Å². The van der Waals surface area contributed by atoms with Gasteiger partial charge in [0.2, 0.25) is 11.8 Å². The first-order valence-electron chi connectivity index (χ1n) is 7.91. The summed E-state index contributed by atoms with van der Waals surface area (Å²) >= 11 is 0. The van der Waals surface area contributed by atoms with Crippen molar-refractivity contribution >= 4 is 23.2 Å². The van der Waals surface area contributed by atoms with E-state index in [1.165, 1.54) is 0 Å². The first-order valence-corrected chi connectivity index (χ1v) is 7.91. The number of hydrogen-bond acceptors (Lipinski definition) is 3. The average Bonchev–Trinajstić information content (AvgIpc) is 2.55. The van der Waals surface area contributed by atoms with Gasteiger partial charge in [0.1, 0.15) is 5.75 Å². The van der Waals surface area contributed by atoms with Crippen molar-refractivity contribution in [2.45, 2.75) is 26.2 Å². The Morgan fingerprint density at radius 2 is 2.04 bits per heavy atom. The molecule has 24 heavy (non-hydrogen) atoms. The van der Waals surface area contributed by atoms with Crippen molar-refractivity contribution in [3.63, 3.8) is 0 Å². The molecule has 124 valence electrons. The molecule has 0 saturated carbocycles. The Hall–Kier alpha value is -2.82. The van der Waals surface area contributed by atoms with E-state index < -0.39 is 0 Å². The van der Waals surface area contributed by atoms with Crippen molar-refractivity contribution in [3.8, 4) is 5.75 Å². The largest absolute Gasteiger partial charge is 0.495 e. The summed E-state index contributed by atoms with van der Waals surface area (Å²) < 4.78 is 5.28. The van der Waals surface area contributed by atoms with Crippen LogP contribution in [0.4, 0.5) is 11.4 Å². The van der Waals surface area contributed by atoms with Crippen LogP contribution in [0.5, 0.6) is 5.75 Å². The number of fused-ring (bicyclic) bond motifs is 1. The Balaban J connectivity index is 1.71. The Morgan fingerprint density at radius 3 is 2.83 bits per heavy atom. The number of ether oxygens (including phenoxy) is 1. The van der Waals surface area contributed by atoms with Crippen LogP contribution in [0.1, 0.15) is 23.1 Å². The Labute approximate surface area is 141 Å². The molecule has 0 aliphatic carbocycles. The normalized spacial score (nSPS) is 13.0. The fourth-order valence-corrected chi connectivity index (χ4v) is 2.85. The standard InChI is InChI=1S/C19H20N2O3/c1-12-3-7-17(24-2)16(9-12)21-19(23)11-13-4-6-15-14(10-13)5-8-18(22)20-15/h3-4,6-7,9-10H,5,8,11H2,1-2H3,(H,20,22)(H,21,23). The van der Waals surface area contributed by atoms with Gasteiger partial charge in [-0.05, 0) is 48.2 Å².